The first kappa shape index (κ1) is 17.6. The van der Waals surface area contributed by atoms with Gasteiger partial charge in [0.25, 0.3) is 11.8 Å². The molecule has 140 valence electrons. The molecule has 0 radical (unpaired) electrons. The van der Waals surface area contributed by atoms with Gasteiger partial charge in [0.15, 0.2) is 11.5 Å². The average Bonchev–Trinajstić information content (AvgIpc) is 3.09. The lowest BCUT2D eigenvalue weighted by Gasteiger charge is -2.18. The summed E-state index contributed by atoms with van der Waals surface area (Å²) < 4.78 is 11.9. The molecule has 2 aromatic carbocycles. The maximum atomic E-state index is 12.3. The number of amides is 2. The number of unbranched alkanes of at least 4 members (excludes halogenated alkanes) is 1. The maximum absolute atomic E-state index is 12.3. The van der Waals surface area contributed by atoms with E-state index in [1.807, 2.05) is 12.1 Å². The molecular weight excluding hydrogens is 342 g/mol. The summed E-state index contributed by atoms with van der Waals surface area (Å²) in [4.78, 5) is 26.0. The quantitative estimate of drug-likeness (QED) is 0.576. The van der Waals surface area contributed by atoms with Gasteiger partial charge in [0.1, 0.15) is 5.60 Å². The smallest absolute Gasteiger partial charge is 0.261 e. The minimum atomic E-state index is -0.201. The van der Waals surface area contributed by atoms with Crippen LogP contribution in [-0.4, -0.2) is 35.5 Å². The van der Waals surface area contributed by atoms with Crippen LogP contribution in [0.3, 0.4) is 0 Å². The summed E-state index contributed by atoms with van der Waals surface area (Å²) >= 11 is 0. The highest BCUT2D eigenvalue weighted by atomic mass is 16.5. The Kier molecular flexibility index (Phi) is 4.38. The molecule has 2 aliphatic heterocycles. The third-order valence-corrected chi connectivity index (χ3v) is 4.97. The van der Waals surface area contributed by atoms with Crippen LogP contribution in [0, 0.1) is 0 Å². The molecule has 0 aromatic heterocycles. The Bertz CT molecular complexity index is 868. The molecule has 5 heteroatoms. The van der Waals surface area contributed by atoms with Gasteiger partial charge in [-0.05, 0) is 44.9 Å². The van der Waals surface area contributed by atoms with E-state index in [0.717, 1.165) is 24.3 Å². The molecule has 0 unspecified atom stereocenters. The van der Waals surface area contributed by atoms with Crippen LogP contribution < -0.4 is 9.47 Å². The van der Waals surface area contributed by atoms with Crippen LogP contribution in [0.2, 0.25) is 0 Å². The zero-order valence-electron chi connectivity index (χ0n) is 15.7. The highest BCUT2D eigenvalue weighted by Gasteiger charge is 2.34. The zero-order chi connectivity index (χ0) is 19.0. The molecule has 0 N–H and O–H groups in total. The molecule has 0 saturated heterocycles. The first-order valence-electron chi connectivity index (χ1n) is 9.35. The van der Waals surface area contributed by atoms with E-state index in [0.29, 0.717) is 30.7 Å². The van der Waals surface area contributed by atoms with E-state index < -0.39 is 0 Å². The van der Waals surface area contributed by atoms with Gasteiger partial charge in [0.2, 0.25) is 0 Å². The molecule has 2 heterocycles. The standard InChI is InChI=1S/C22H23NO4/c1-22(2)14-15-8-7-11-18(19(15)27-22)26-13-6-5-12-23-20(24)16-9-3-4-10-17(16)21(23)25/h3-4,7-11H,5-6,12-14H2,1-2H3. The fourth-order valence-corrected chi connectivity index (χ4v) is 3.70. The van der Waals surface area contributed by atoms with Crippen LogP contribution in [-0.2, 0) is 6.42 Å². The second kappa shape index (κ2) is 6.72. The lowest BCUT2D eigenvalue weighted by atomic mass is 10.0. The molecule has 0 fully saturated rings. The van der Waals surface area contributed by atoms with Crippen LogP contribution in [0.5, 0.6) is 11.5 Å². The molecule has 0 saturated carbocycles. The first-order chi connectivity index (χ1) is 13.0. The minimum absolute atomic E-state index is 0.201. The number of benzene rings is 2. The lowest BCUT2D eigenvalue weighted by molar-refractivity contribution is 0.0649. The minimum Gasteiger partial charge on any atom is -0.490 e. The highest BCUT2D eigenvalue weighted by molar-refractivity contribution is 6.21. The third-order valence-electron chi connectivity index (χ3n) is 4.97. The van der Waals surface area contributed by atoms with Gasteiger partial charge in [-0.1, -0.05) is 24.3 Å². The Labute approximate surface area is 158 Å². The molecule has 0 atom stereocenters. The topological polar surface area (TPSA) is 55.8 Å². The second-order valence-corrected chi connectivity index (χ2v) is 7.65. The molecule has 5 nitrogen and oxygen atoms in total. The molecule has 2 aromatic rings. The van der Waals surface area contributed by atoms with Gasteiger partial charge in [-0.2, -0.15) is 0 Å². The molecule has 4 rings (SSSR count). The van der Waals surface area contributed by atoms with Gasteiger partial charge in [0.05, 0.1) is 17.7 Å². The van der Waals surface area contributed by atoms with Crippen LogP contribution in [0.1, 0.15) is 53.0 Å². The number of para-hydroxylation sites is 1. The summed E-state index contributed by atoms with van der Waals surface area (Å²) in [5.41, 5.74) is 1.97. The van der Waals surface area contributed by atoms with Gasteiger partial charge in [0, 0.05) is 18.5 Å². The molecule has 0 aliphatic carbocycles. The van der Waals surface area contributed by atoms with Crippen LogP contribution in [0.15, 0.2) is 42.5 Å². The number of hydrogen-bond acceptors (Lipinski definition) is 4. The zero-order valence-corrected chi connectivity index (χ0v) is 15.7. The van der Waals surface area contributed by atoms with E-state index >= 15 is 0 Å². The summed E-state index contributed by atoms with van der Waals surface area (Å²) in [6.45, 7) is 5.06. The summed E-state index contributed by atoms with van der Waals surface area (Å²) in [6.07, 6.45) is 2.33. The van der Waals surface area contributed by atoms with E-state index in [1.165, 1.54) is 10.5 Å². The van der Waals surface area contributed by atoms with E-state index in [-0.39, 0.29) is 17.4 Å². The van der Waals surface area contributed by atoms with Crippen LogP contribution in [0.25, 0.3) is 0 Å². The number of carbonyl (C=O) groups excluding carboxylic acids is 2. The second-order valence-electron chi connectivity index (χ2n) is 7.65. The lowest BCUT2D eigenvalue weighted by Crippen LogP contribution is -2.30. The van der Waals surface area contributed by atoms with E-state index in [1.54, 1.807) is 24.3 Å². The van der Waals surface area contributed by atoms with Crippen molar-refractivity contribution < 1.29 is 19.1 Å². The molecule has 0 bridgehead atoms. The van der Waals surface area contributed by atoms with Gasteiger partial charge in [-0.25, -0.2) is 0 Å². The Hall–Kier alpha value is -2.82. The van der Waals surface area contributed by atoms with Crippen LogP contribution >= 0.6 is 0 Å². The third kappa shape index (κ3) is 3.29. The number of rotatable bonds is 6. The van der Waals surface area contributed by atoms with Crippen molar-refractivity contribution in [3.8, 4) is 11.5 Å². The summed E-state index contributed by atoms with van der Waals surface area (Å²) in [5.74, 6) is 1.20. The molecule has 2 aliphatic rings. The Balaban J connectivity index is 1.29. The normalized spacial score (nSPS) is 16.9. The number of hydrogen-bond donors (Lipinski definition) is 0. The maximum Gasteiger partial charge on any atom is 0.261 e. The van der Waals surface area contributed by atoms with Crippen molar-refractivity contribution in [2.24, 2.45) is 0 Å². The number of ether oxygens (including phenoxy) is 2. The van der Waals surface area contributed by atoms with Crippen molar-refractivity contribution in [1.29, 1.82) is 0 Å². The Morgan fingerprint density at radius 2 is 1.70 bits per heavy atom. The van der Waals surface area contributed by atoms with Crippen molar-refractivity contribution >= 4 is 11.8 Å². The van der Waals surface area contributed by atoms with Crippen molar-refractivity contribution in [1.82, 2.24) is 4.90 Å². The predicted octanol–water partition coefficient (Wildman–Crippen LogP) is 3.86. The Morgan fingerprint density at radius 3 is 2.41 bits per heavy atom. The molecular formula is C22H23NO4. The molecule has 27 heavy (non-hydrogen) atoms. The fraction of sp³-hybridized carbons (Fsp3) is 0.364. The number of nitrogens with zero attached hydrogens (tertiary/aromatic N) is 1. The van der Waals surface area contributed by atoms with Crippen LogP contribution in [0.4, 0.5) is 0 Å². The molecule has 0 spiro atoms. The first-order valence-corrected chi connectivity index (χ1v) is 9.35. The summed E-state index contributed by atoms with van der Waals surface area (Å²) in [6, 6.07) is 12.9. The monoisotopic (exact) mass is 365 g/mol. The van der Waals surface area contributed by atoms with E-state index in [4.69, 9.17) is 9.47 Å². The van der Waals surface area contributed by atoms with Crippen molar-refractivity contribution in [3.05, 3.63) is 59.2 Å². The summed E-state index contributed by atoms with van der Waals surface area (Å²) in [5, 5.41) is 0. The predicted molar refractivity (Wildman–Crippen MR) is 101 cm³/mol. The average molecular weight is 365 g/mol. The van der Waals surface area contributed by atoms with E-state index in [9.17, 15) is 9.59 Å². The number of imide groups is 1. The van der Waals surface area contributed by atoms with Crippen molar-refractivity contribution in [2.45, 2.75) is 38.7 Å². The van der Waals surface area contributed by atoms with E-state index in [2.05, 4.69) is 19.9 Å². The SMILES string of the molecule is CC1(C)Cc2cccc(OCCCCN3C(=O)c4ccccc4C3=O)c2O1. The van der Waals surface area contributed by atoms with Gasteiger partial charge >= 0.3 is 0 Å². The van der Waals surface area contributed by atoms with Crippen molar-refractivity contribution in [3.63, 3.8) is 0 Å². The summed E-state index contributed by atoms with van der Waals surface area (Å²) in [7, 11) is 0. The largest absolute Gasteiger partial charge is 0.490 e. The number of carbonyl (C=O) groups is 2. The Morgan fingerprint density at radius 1 is 1.00 bits per heavy atom. The number of fused-ring (bicyclic) bond motifs is 2. The highest BCUT2D eigenvalue weighted by Crippen LogP contribution is 2.41. The molecule has 2 amide bonds. The van der Waals surface area contributed by atoms with Gasteiger partial charge in [-0.15, -0.1) is 0 Å². The van der Waals surface area contributed by atoms with Crippen molar-refractivity contribution in [2.75, 3.05) is 13.2 Å². The fourth-order valence-electron chi connectivity index (χ4n) is 3.70. The van der Waals surface area contributed by atoms with Gasteiger partial charge < -0.3 is 9.47 Å². The van der Waals surface area contributed by atoms with Gasteiger partial charge in [-0.3, -0.25) is 14.5 Å².